The third kappa shape index (κ3) is 4.58. The third-order valence-corrected chi connectivity index (χ3v) is 6.54. The first-order valence-electron chi connectivity index (χ1n) is 11.6. The highest BCUT2D eigenvalue weighted by Gasteiger charge is 2.23. The van der Waals surface area contributed by atoms with Crippen molar-refractivity contribution >= 4 is 5.91 Å². The summed E-state index contributed by atoms with van der Waals surface area (Å²) in [5.74, 6) is 2.23. The molecule has 2 atom stereocenters. The molecular formula is C27H29NO4. The van der Waals surface area contributed by atoms with Gasteiger partial charge in [0.2, 0.25) is 0 Å². The molecule has 0 saturated carbocycles. The highest BCUT2D eigenvalue weighted by molar-refractivity contribution is 5.81. The van der Waals surface area contributed by atoms with Gasteiger partial charge >= 0.3 is 0 Å². The predicted octanol–water partition coefficient (Wildman–Crippen LogP) is 4.24. The Morgan fingerprint density at radius 1 is 1.03 bits per heavy atom. The zero-order valence-corrected chi connectivity index (χ0v) is 18.2. The Balaban J connectivity index is 1.13. The number of aliphatic hydroxyl groups excluding tert-OH is 1. The fourth-order valence-electron chi connectivity index (χ4n) is 4.72. The lowest BCUT2D eigenvalue weighted by Crippen LogP contribution is -2.45. The highest BCUT2D eigenvalue weighted by atomic mass is 16.5. The van der Waals surface area contributed by atoms with Gasteiger partial charge in [-0.2, -0.15) is 0 Å². The lowest BCUT2D eigenvalue weighted by Gasteiger charge is -2.26. The van der Waals surface area contributed by atoms with Gasteiger partial charge in [0.15, 0.2) is 6.10 Å². The van der Waals surface area contributed by atoms with Crippen molar-refractivity contribution < 1.29 is 19.1 Å². The number of hydrogen-bond acceptors (Lipinski definition) is 4. The van der Waals surface area contributed by atoms with Crippen molar-refractivity contribution in [1.29, 1.82) is 0 Å². The van der Waals surface area contributed by atoms with Crippen molar-refractivity contribution in [3.8, 4) is 17.1 Å². The van der Waals surface area contributed by atoms with E-state index in [9.17, 15) is 9.90 Å². The van der Waals surface area contributed by atoms with E-state index in [1.807, 2.05) is 36.4 Å². The van der Waals surface area contributed by atoms with Crippen molar-refractivity contribution in [2.75, 3.05) is 6.61 Å². The summed E-state index contributed by atoms with van der Waals surface area (Å²) in [4.78, 5) is 12.4. The standard InChI is InChI=1S/C27H29NO4/c29-24(27(30)28-22-12-9-18-5-1-2-6-20(18)15-22)17-31-23-13-10-19(11-14-23)26-16-21-7-3-4-8-25(21)32-26/h1-2,5-6,10-11,13-14,16,22,24,29H,3-4,7-9,12,15,17H2,(H,28,30). The quantitative estimate of drug-likeness (QED) is 0.612. The molecule has 5 nitrogen and oxygen atoms in total. The molecule has 2 unspecified atom stereocenters. The van der Waals surface area contributed by atoms with E-state index in [2.05, 4.69) is 23.5 Å². The number of nitrogens with one attached hydrogen (secondary N) is 1. The van der Waals surface area contributed by atoms with Gasteiger partial charge in [0.25, 0.3) is 5.91 Å². The van der Waals surface area contributed by atoms with Gasteiger partial charge in [0, 0.05) is 18.0 Å². The molecular weight excluding hydrogens is 402 g/mol. The number of ether oxygens (including phenoxy) is 1. The van der Waals surface area contributed by atoms with Crippen LogP contribution in [0.25, 0.3) is 11.3 Å². The van der Waals surface area contributed by atoms with E-state index < -0.39 is 6.10 Å². The molecule has 32 heavy (non-hydrogen) atoms. The van der Waals surface area contributed by atoms with Gasteiger partial charge in [-0.25, -0.2) is 0 Å². The maximum Gasteiger partial charge on any atom is 0.252 e. The Kier molecular flexibility index (Phi) is 5.99. The number of hydrogen-bond donors (Lipinski definition) is 2. The van der Waals surface area contributed by atoms with Crippen LogP contribution in [0.15, 0.2) is 59.0 Å². The summed E-state index contributed by atoms with van der Waals surface area (Å²) in [5, 5.41) is 13.2. The monoisotopic (exact) mass is 431 g/mol. The average Bonchev–Trinajstić information content (AvgIpc) is 3.27. The van der Waals surface area contributed by atoms with Gasteiger partial charge in [-0.15, -0.1) is 0 Å². The highest BCUT2D eigenvalue weighted by Crippen LogP contribution is 2.31. The largest absolute Gasteiger partial charge is 0.490 e. The van der Waals surface area contributed by atoms with E-state index in [0.29, 0.717) is 5.75 Å². The minimum atomic E-state index is -1.20. The van der Waals surface area contributed by atoms with Gasteiger partial charge in [-0.05, 0) is 85.5 Å². The van der Waals surface area contributed by atoms with Crippen LogP contribution in [-0.2, 0) is 30.5 Å². The van der Waals surface area contributed by atoms with Crippen LogP contribution in [0, 0.1) is 0 Å². The summed E-state index contributed by atoms with van der Waals surface area (Å²) in [6.07, 6.45) is 5.94. The zero-order chi connectivity index (χ0) is 21.9. The lowest BCUT2D eigenvalue weighted by atomic mass is 9.88. The molecule has 3 aromatic rings. The summed E-state index contributed by atoms with van der Waals surface area (Å²) in [6, 6.07) is 18.1. The molecule has 0 aliphatic heterocycles. The van der Waals surface area contributed by atoms with Crippen LogP contribution in [0.2, 0.25) is 0 Å². The first-order chi connectivity index (χ1) is 15.7. The van der Waals surface area contributed by atoms with E-state index in [4.69, 9.17) is 9.15 Å². The Bertz CT molecular complexity index is 1060. The number of amides is 1. The molecule has 0 bridgehead atoms. The van der Waals surface area contributed by atoms with Crippen molar-refractivity contribution in [3.05, 3.63) is 77.0 Å². The second-order valence-corrected chi connectivity index (χ2v) is 8.83. The molecule has 0 saturated heterocycles. The van der Waals surface area contributed by atoms with Gasteiger partial charge in [0.05, 0.1) is 0 Å². The molecule has 2 aliphatic carbocycles. The molecule has 5 heteroatoms. The van der Waals surface area contributed by atoms with Crippen LogP contribution in [0.1, 0.15) is 41.7 Å². The van der Waals surface area contributed by atoms with Crippen LogP contribution >= 0.6 is 0 Å². The van der Waals surface area contributed by atoms with Crippen molar-refractivity contribution in [2.45, 2.75) is 57.1 Å². The fraction of sp³-hybridized carbons (Fsp3) is 0.370. The lowest BCUT2D eigenvalue weighted by molar-refractivity contribution is -0.131. The van der Waals surface area contributed by atoms with Crippen LogP contribution in [0.3, 0.4) is 0 Å². The molecule has 2 aromatic carbocycles. The number of benzene rings is 2. The van der Waals surface area contributed by atoms with E-state index >= 15 is 0 Å². The van der Waals surface area contributed by atoms with E-state index in [1.54, 1.807) is 0 Å². The van der Waals surface area contributed by atoms with Crippen molar-refractivity contribution in [2.24, 2.45) is 0 Å². The van der Waals surface area contributed by atoms with Crippen LogP contribution in [0.4, 0.5) is 0 Å². The van der Waals surface area contributed by atoms with E-state index in [1.165, 1.54) is 29.5 Å². The first-order valence-corrected chi connectivity index (χ1v) is 11.6. The molecule has 1 aromatic heterocycles. The van der Waals surface area contributed by atoms with Crippen LogP contribution in [-0.4, -0.2) is 29.8 Å². The Labute approximate surface area is 188 Å². The molecule has 166 valence electrons. The second-order valence-electron chi connectivity index (χ2n) is 8.83. The SMILES string of the molecule is O=C(NC1CCc2ccccc2C1)C(O)COc1ccc(-c2cc3c(o2)CCCC3)cc1. The van der Waals surface area contributed by atoms with Crippen LogP contribution < -0.4 is 10.1 Å². The molecule has 5 rings (SSSR count). The normalized spacial score (nSPS) is 18.3. The predicted molar refractivity (Wildman–Crippen MR) is 123 cm³/mol. The number of aryl methyl sites for hydroxylation is 3. The Morgan fingerprint density at radius 2 is 1.81 bits per heavy atom. The van der Waals surface area contributed by atoms with Crippen molar-refractivity contribution in [1.82, 2.24) is 5.32 Å². The first kappa shape index (κ1) is 20.8. The second kappa shape index (κ2) is 9.21. The maximum absolute atomic E-state index is 12.4. The fourth-order valence-corrected chi connectivity index (χ4v) is 4.72. The minimum absolute atomic E-state index is 0.0467. The summed E-state index contributed by atoms with van der Waals surface area (Å²) < 4.78 is 11.7. The van der Waals surface area contributed by atoms with Crippen molar-refractivity contribution in [3.63, 3.8) is 0 Å². The summed E-state index contributed by atoms with van der Waals surface area (Å²) in [7, 11) is 0. The average molecular weight is 432 g/mol. The molecule has 0 spiro atoms. The third-order valence-electron chi connectivity index (χ3n) is 6.54. The van der Waals surface area contributed by atoms with Gasteiger partial charge < -0.3 is 19.6 Å². The number of aliphatic hydroxyl groups is 1. The Hall–Kier alpha value is -3.05. The summed E-state index contributed by atoms with van der Waals surface area (Å²) in [5.41, 5.74) is 4.94. The van der Waals surface area contributed by atoms with Gasteiger partial charge in [-0.1, -0.05) is 24.3 Å². The maximum atomic E-state index is 12.4. The summed E-state index contributed by atoms with van der Waals surface area (Å²) in [6.45, 7) is -0.0798. The number of rotatable bonds is 6. The minimum Gasteiger partial charge on any atom is -0.490 e. The number of furan rings is 1. The molecule has 2 N–H and O–H groups in total. The van der Waals surface area contributed by atoms with E-state index in [-0.39, 0.29) is 18.6 Å². The molecule has 1 heterocycles. The summed E-state index contributed by atoms with van der Waals surface area (Å²) >= 11 is 0. The molecule has 0 fully saturated rings. The van der Waals surface area contributed by atoms with Gasteiger partial charge in [0.1, 0.15) is 23.9 Å². The molecule has 1 amide bonds. The zero-order valence-electron chi connectivity index (χ0n) is 18.2. The molecule has 2 aliphatic rings. The number of carbonyl (C=O) groups excluding carboxylic acids is 1. The van der Waals surface area contributed by atoms with Gasteiger partial charge in [-0.3, -0.25) is 4.79 Å². The van der Waals surface area contributed by atoms with E-state index in [0.717, 1.165) is 49.2 Å². The topological polar surface area (TPSA) is 71.7 Å². The molecule has 0 radical (unpaired) electrons. The number of fused-ring (bicyclic) bond motifs is 2. The number of carbonyl (C=O) groups is 1. The smallest absolute Gasteiger partial charge is 0.252 e. The van der Waals surface area contributed by atoms with Crippen LogP contribution in [0.5, 0.6) is 5.75 Å². The Morgan fingerprint density at radius 3 is 2.62 bits per heavy atom.